The summed E-state index contributed by atoms with van der Waals surface area (Å²) in [4.78, 5) is 43.5. The molecule has 2 aliphatic rings. The molecule has 6 rings (SSSR count). The summed E-state index contributed by atoms with van der Waals surface area (Å²) in [7, 11) is 1.56. The molecule has 2 atom stereocenters. The molecule has 1 saturated heterocycles. The van der Waals surface area contributed by atoms with Crippen LogP contribution in [0.3, 0.4) is 0 Å². The molecule has 12 heteroatoms. The van der Waals surface area contributed by atoms with Gasteiger partial charge in [-0.1, -0.05) is 43.5 Å². The second kappa shape index (κ2) is 12.1. The zero-order chi connectivity index (χ0) is 30.0. The fourth-order valence-electron chi connectivity index (χ4n) is 6.02. The van der Waals surface area contributed by atoms with Gasteiger partial charge >= 0.3 is 12.1 Å². The lowest BCUT2D eigenvalue weighted by atomic mass is 9.75. The summed E-state index contributed by atoms with van der Waals surface area (Å²) < 4.78 is 40.1. The lowest BCUT2D eigenvalue weighted by molar-refractivity contribution is -0.192. The van der Waals surface area contributed by atoms with Crippen LogP contribution in [-0.2, 0) is 11.3 Å². The number of thiophene rings is 1. The van der Waals surface area contributed by atoms with Crippen LogP contribution >= 0.6 is 11.3 Å². The van der Waals surface area contributed by atoms with Crippen molar-refractivity contribution in [2.75, 3.05) is 20.2 Å². The third kappa shape index (κ3) is 5.85. The van der Waals surface area contributed by atoms with Crippen LogP contribution in [0.1, 0.15) is 47.5 Å². The van der Waals surface area contributed by atoms with Crippen LogP contribution in [0, 0.1) is 11.8 Å². The Hall–Kier alpha value is -3.93. The van der Waals surface area contributed by atoms with Crippen LogP contribution in [0.5, 0.6) is 5.75 Å². The number of carboxylic acids is 1. The smallest absolute Gasteiger partial charge is 0.490 e. The van der Waals surface area contributed by atoms with Crippen molar-refractivity contribution in [2.24, 2.45) is 11.8 Å². The van der Waals surface area contributed by atoms with Gasteiger partial charge in [-0.05, 0) is 42.9 Å². The number of carbonyl (C=O) groups excluding carboxylic acids is 1. The minimum Gasteiger partial charge on any atom is -0.494 e. The SMILES string of the molecule is COc1c(C(=O)N2CCC3CCCCC3C2)sc2c1c(=O)n(Cc1ccccn1)c1ccccc21.O=C(O)C(F)(F)F. The number of hydrogen-bond donors (Lipinski definition) is 1. The van der Waals surface area contributed by atoms with Crippen molar-refractivity contribution in [2.45, 2.75) is 44.8 Å². The number of fused-ring (bicyclic) bond motifs is 4. The van der Waals surface area contributed by atoms with Gasteiger partial charge in [0.2, 0.25) is 0 Å². The number of piperidine rings is 1. The van der Waals surface area contributed by atoms with Crippen LogP contribution < -0.4 is 10.3 Å². The summed E-state index contributed by atoms with van der Waals surface area (Å²) in [6, 6.07) is 13.6. The number of carboxylic acid groups (broad SMARTS) is 1. The van der Waals surface area contributed by atoms with E-state index < -0.39 is 12.1 Å². The molecule has 42 heavy (non-hydrogen) atoms. The van der Waals surface area contributed by atoms with Gasteiger partial charge in [0, 0.05) is 24.7 Å². The molecule has 8 nitrogen and oxygen atoms in total. The molecule has 0 radical (unpaired) electrons. The quantitative estimate of drug-likeness (QED) is 0.310. The van der Waals surface area contributed by atoms with Crippen molar-refractivity contribution in [3.8, 4) is 5.75 Å². The monoisotopic (exact) mass is 601 g/mol. The fourth-order valence-corrected chi connectivity index (χ4v) is 7.28. The largest absolute Gasteiger partial charge is 0.494 e. The number of amides is 1. The second-order valence-electron chi connectivity index (χ2n) is 10.5. The van der Waals surface area contributed by atoms with Gasteiger partial charge in [-0.15, -0.1) is 11.3 Å². The summed E-state index contributed by atoms with van der Waals surface area (Å²) >= 11 is 1.39. The van der Waals surface area contributed by atoms with E-state index >= 15 is 0 Å². The summed E-state index contributed by atoms with van der Waals surface area (Å²) in [5.41, 5.74) is 1.49. The molecule has 1 amide bonds. The van der Waals surface area contributed by atoms with E-state index in [1.54, 1.807) is 17.9 Å². The number of hydrogen-bond acceptors (Lipinski definition) is 6. The van der Waals surface area contributed by atoms with Crippen LogP contribution in [0.15, 0.2) is 53.5 Å². The maximum Gasteiger partial charge on any atom is 0.490 e. The first-order valence-electron chi connectivity index (χ1n) is 13.7. The summed E-state index contributed by atoms with van der Waals surface area (Å²) in [5.74, 6) is -1.01. The molecule has 1 aliphatic carbocycles. The third-order valence-electron chi connectivity index (χ3n) is 8.03. The molecular weight excluding hydrogens is 571 g/mol. The molecule has 0 spiro atoms. The topological polar surface area (TPSA) is 102 Å². The van der Waals surface area contributed by atoms with Gasteiger partial charge < -0.3 is 19.3 Å². The molecule has 2 fully saturated rings. The molecule has 222 valence electrons. The van der Waals surface area contributed by atoms with Crippen LogP contribution in [0.2, 0.25) is 0 Å². The van der Waals surface area contributed by atoms with Gasteiger partial charge in [-0.3, -0.25) is 14.6 Å². The highest BCUT2D eigenvalue weighted by atomic mass is 32.1. The first-order chi connectivity index (χ1) is 20.1. The highest BCUT2D eigenvalue weighted by Crippen LogP contribution is 2.42. The Morgan fingerprint density at radius 2 is 1.76 bits per heavy atom. The van der Waals surface area contributed by atoms with Crippen molar-refractivity contribution < 1.29 is 32.6 Å². The first kappa shape index (κ1) is 29.6. The predicted octanol–water partition coefficient (Wildman–Crippen LogP) is 5.95. The molecule has 4 aromatic rings. The van der Waals surface area contributed by atoms with E-state index in [4.69, 9.17) is 14.6 Å². The number of pyridine rings is 2. The number of benzene rings is 1. The molecule has 1 aromatic carbocycles. The summed E-state index contributed by atoms with van der Waals surface area (Å²) in [6.45, 7) is 1.95. The van der Waals surface area contributed by atoms with Crippen LogP contribution in [0.4, 0.5) is 13.2 Å². The number of para-hydroxylation sites is 1. The Morgan fingerprint density at radius 3 is 2.43 bits per heavy atom. The number of halogens is 3. The van der Waals surface area contributed by atoms with Gasteiger partial charge in [-0.25, -0.2) is 4.79 Å². The maximum atomic E-state index is 13.9. The van der Waals surface area contributed by atoms with Gasteiger partial charge in [0.25, 0.3) is 11.5 Å². The minimum absolute atomic E-state index is 0.00756. The van der Waals surface area contributed by atoms with E-state index in [-0.39, 0.29) is 11.5 Å². The van der Waals surface area contributed by atoms with E-state index in [2.05, 4.69) is 4.98 Å². The van der Waals surface area contributed by atoms with Gasteiger partial charge in [0.1, 0.15) is 10.3 Å². The number of likely N-dealkylation sites (tertiary alicyclic amines) is 1. The van der Waals surface area contributed by atoms with E-state index in [9.17, 15) is 22.8 Å². The zero-order valence-electron chi connectivity index (χ0n) is 22.9. The van der Waals surface area contributed by atoms with Gasteiger partial charge in [-0.2, -0.15) is 13.2 Å². The predicted molar refractivity (Wildman–Crippen MR) is 153 cm³/mol. The van der Waals surface area contributed by atoms with Crippen molar-refractivity contribution >= 4 is 44.2 Å². The molecule has 0 bridgehead atoms. The Balaban J connectivity index is 0.000000451. The average Bonchev–Trinajstić information content (AvgIpc) is 3.39. The lowest BCUT2D eigenvalue weighted by Crippen LogP contribution is -2.44. The number of aromatic nitrogens is 2. The standard InChI is InChI=1S/C28H29N3O3S.C2HF3O2/c1-34-24-23-25(35-26(24)28(33)30-15-13-18-8-2-3-9-19(18)16-30)21-11-4-5-12-22(21)31(27(23)32)17-20-10-6-7-14-29-20;3-2(4,5)1(6)7/h4-7,10-12,14,18-19H,2-3,8-9,13,15-17H2,1H3;(H,6,7). The number of aliphatic carboxylic acids is 1. The first-order valence-corrected chi connectivity index (χ1v) is 14.5. The number of ether oxygens (including phenoxy) is 1. The molecule has 4 heterocycles. The van der Waals surface area contributed by atoms with Crippen molar-refractivity contribution in [1.29, 1.82) is 0 Å². The Morgan fingerprint density at radius 1 is 1.07 bits per heavy atom. The number of methoxy groups -OCH3 is 1. The molecular formula is C30H30F3N3O5S. The third-order valence-corrected chi connectivity index (χ3v) is 9.22. The van der Waals surface area contributed by atoms with E-state index in [1.807, 2.05) is 47.4 Å². The molecule has 2 unspecified atom stereocenters. The number of rotatable bonds is 4. The number of carbonyl (C=O) groups is 2. The van der Waals surface area contributed by atoms with E-state index in [0.29, 0.717) is 28.5 Å². The van der Waals surface area contributed by atoms with Gasteiger partial charge in [0.05, 0.1) is 29.6 Å². The fraction of sp³-hybridized carbons (Fsp3) is 0.400. The van der Waals surface area contributed by atoms with Gasteiger partial charge in [0.15, 0.2) is 5.75 Å². The molecule has 1 N–H and O–H groups in total. The van der Waals surface area contributed by atoms with E-state index in [1.165, 1.54) is 37.0 Å². The highest BCUT2D eigenvalue weighted by molar-refractivity contribution is 7.22. The van der Waals surface area contributed by atoms with E-state index in [0.717, 1.165) is 46.7 Å². The number of alkyl halides is 3. The van der Waals surface area contributed by atoms with Crippen molar-refractivity contribution in [3.63, 3.8) is 0 Å². The average molecular weight is 602 g/mol. The maximum absolute atomic E-state index is 13.9. The molecule has 3 aromatic heterocycles. The highest BCUT2D eigenvalue weighted by Gasteiger charge is 2.38. The summed E-state index contributed by atoms with van der Waals surface area (Å²) in [5, 5.41) is 8.56. The van der Waals surface area contributed by atoms with Crippen LogP contribution in [0.25, 0.3) is 21.0 Å². The minimum atomic E-state index is -5.08. The lowest BCUT2D eigenvalue weighted by Gasteiger charge is -2.41. The molecule has 1 aliphatic heterocycles. The van der Waals surface area contributed by atoms with Crippen molar-refractivity contribution in [3.05, 3.63) is 69.6 Å². The Kier molecular flexibility index (Phi) is 8.53. The summed E-state index contributed by atoms with van der Waals surface area (Å²) in [6.07, 6.45) is 2.80. The zero-order valence-corrected chi connectivity index (χ0v) is 23.7. The second-order valence-corrected chi connectivity index (χ2v) is 11.6. The molecule has 1 saturated carbocycles. The normalized spacial score (nSPS) is 18.7. The number of nitrogens with zero attached hydrogens (tertiary/aromatic N) is 3. The Bertz CT molecular complexity index is 1670. The van der Waals surface area contributed by atoms with Crippen molar-refractivity contribution in [1.82, 2.24) is 14.5 Å². The van der Waals surface area contributed by atoms with Crippen LogP contribution in [-0.4, -0.2) is 57.8 Å². The Labute approximate surface area is 243 Å².